The summed E-state index contributed by atoms with van der Waals surface area (Å²) in [5.41, 5.74) is 0.0823. The van der Waals surface area contributed by atoms with Gasteiger partial charge in [-0.3, -0.25) is 9.59 Å². The molecule has 3 heterocycles. The lowest BCUT2D eigenvalue weighted by atomic mass is 9.53. The molecule has 0 aromatic rings. The van der Waals surface area contributed by atoms with Crippen molar-refractivity contribution in [3.8, 4) is 0 Å². The Labute approximate surface area is 257 Å². The summed E-state index contributed by atoms with van der Waals surface area (Å²) in [5.74, 6) is 0.399. The van der Waals surface area contributed by atoms with Gasteiger partial charge >= 0.3 is 0 Å². The Morgan fingerprint density at radius 3 is 2.33 bits per heavy atom. The molecule has 1 spiro atoms. The quantitative estimate of drug-likeness (QED) is 0.167. The van der Waals surface area contributed by atoms with E-state index in [4.69, 9.17) is 18.9 Å². The van der Waals surface area contributed by atoms with Crippen LogP contribution in [0.5, 0.6) is 0 Å². The lowest BCUT2D eigenvalue weighted by Gasteiger charge is -2.52. The van der Waals surface area contributed by atoms with Crippen molar-refractivity contribution in [3.63, 3.8) is 0 Å². The molecule has 4 saturated carbocycles. The molecular formula is C34H55N3O6. The number of carbonyl (C=O) groups excluding carboxylic acids is 2. The van der Waals surface area contributed by atoms with Gasteiger partial charge in [0.2, 0.25) is 11.8 Å². The second-order valence-electron chi connectivity index (χ2n) is 15.0. The zero-order valence-electron chi connectivity index (χ0n) is 26.9. The highest BCUT2D eigenvalue weighted by Gasteiger charge is 2.72. The fourth-order valence-corrected chi connectivity index (χ4v) is 9.02. The molecule has 4 aliphatic carbocycles. The van der Waals surface area contributed by atoms with Gasteiger partial charge < -0.3 is 34.9 Å². The molecule has 3 aliphatic heterocycles. The van der Waals surface area contributed by atoms with E-state index in [1.807, 2.05) is 0 Å². The van der Waals surface area contributed by atoms with Gasteiger partial charge in [-0.25, -0.2) is 0 Å². The van der Waals surface area contributed by atoms with E-state index < -0.39 is 0 Å². The first-order chi connectivity index (χ1) is 20.7. The van der Waals surface area contributed by atoms with E-state index in [1.165, 1.54) is 18.4 Å². The van der Waals surface area contributed by atoms with Crippen molar-refractivity contribution < 1.29 is 28.5 Å². The Hall–Kier alpha value is -1.52. The number of allylic oxidation sites excluding steroid dienone is 1. The molecule has 7 rings (SSSR count). The molecule has 7 atom stereocenters. The van der Waals surface area contributed by atoms with Crippen molar-refractivity contribution in [2.45, 2.75) is 133 Å². The van der Waals surface area contributed by atoms with Crippen LogP contribution < -0.4 is 16.0 Å². The first-order valence-electron chi connectivity index (χ1n) is 17.0. The Bertz CT molecular complexity index is 1040. The van der Waals surface area contributed by atoms with Gasteiger partial charge in [0.1, 0.15) is 5.60 Å². The second-order valence-corrected chi connectivity index (χ2v) is 15.0. The molecule has 0 aromatic carbocycles. The fraction of sp³-hybridized carbons (Fsp3) is 0.882. The Morgan fingerprint density at radius 2 is 1.72 bits per heavy atom. The van der Waals surface area contributed by atoms with Crippen LogP contribution in [-0.4, -0.2) is 87.3 Å². The van der Waals surface area contributed by atoms with E-state index in [2.05, 4.69) is 42.8 Å². The van der Waals surface area contributed by atoms with E-state index in [9.17, 15) is 9.59 Å². The Kier molecular flexibility index (Phi) is 9.04. The van der Waals surface area contributed by atoms with E-state index in [0.29, 0.717) is 19.2 Å². The number of hydrogen-bond acceptors (Lipinski definition) is 7. The Morgan fingerprint density at radius 1 is 1.02 bits per heavy atom. The van der Waals surface area contributed by atoms with Crippen LogP contribution in [0.3, 0.4) is 0 Å². The van der Waals surface area contributed by atoms with Crippen molar-refractivity contribution in [1.82, 2.24) is 16.0 Å². The highest BCUT2D eigenvalue weighted by atomic mass is 16.6. The summed E-state index contributed by atoms with van der Waals surface area (Å²) in [5, 5.41) is 10.1. The molecule has 0 radical (unpaired) electrons. The molecule has 7 fully saturated rings. The summed E-state index contributed by atoms with van der Waals surface area (Å²) < 4.78 is 24.4. The average Bonchev–Trinajstić information content (AvgIpc) is 3.86. The number of hydrogen-bond donors (Lipinski definition) is 3. The summed E-state index contributed by atoms with van der Waals surface area (Å²) >= 11 is 0. The van der Waals surface area contributed by atoms with Crippen molar-refractivity contribution in [2.24, 2.45) is 16.7 Å². The first kappa shape index (κ1) is 31.5. The molecule has 7 aliphatic rings. The molecule has 9 heteroatoms. The van der Waals surface area contributed by atoms with Crippen molar-refractivity contribution >= 4 is 11.8 Å². The molecule has 3 saturated heterocycles. The van der Waals surface area contributed by atoms with Gasteiger partial charge in [-0.2, -0.15) is 0 Å². The predicted molar refractivity (Wildman–Crippen MR) is 163 cm³/mol. The van der Waals surface area contributed by atoms with Crippen molar-refractivity contribution in [1.29, 1.82) is 0 Å². The normalized spacial score (nSPS) is 42.9. The highest BCUT2D eigenvalue weighted by Crippen LogP contribution is 2.60. The van der Waals surface area contributed by atoms with Gasteiger partial charge in [0.05, 0.1) is 37.1 Å². The van der Waals surface area contributed by atoms with Crippen LogP contribution in [0, 0.1) is 16.7 Å². The van der Waals surface area contributed by atoms with Crippen LogP contribution in [0.2, 0.25) is 0 Å². The summed E-state index contributed by atoms with van der Waals surface area (Å²) in [6, 6.07) is 0.417. The van der Waals surface area contributed by atoms with Crippen molar-refractivity contribution in [2.75, 3.05) is 40.0 Å². The molecule has 2 bridgehead atoms. The van der Waals surface area contributed by atoms with Crippen LogP contribution in [0.1, 0.15) is 97.8 Å². The molecule has 3 N–H and O–H groups in total. The van der Waals surface area contributed by atoms with Gasteiger partial charge in [0.25, 0.3) is 0 Å². The maximum Gasteiger partial charge on any atom is 0.226 e. The monoisotopic (exact) mass is 601 g/mol. The smallest absolute Gasteiger partial charge is 0.226 e. The second kappa shape index (κ2) is 12.3. The number of carbonyl (C=O) groups is 2. The summed E-state index contributed by atoms with van der Waals surface area (Å²) in [7, 11) is 1.76. The minimum absolute atomic E-state index is 0.0691. The van der Waals surface area contributed by atoms with Gasteiger partial charge in [0, 0.05) is 43.1 Å². The molecule has 2 unspecified atom stereocenters. The number of fused-ring (bicyclic) bond motifs is 3. The number of amides is 2. The Balaban J connectivity index is 0.998. The third-order valence-corrected chi connectivity index (χ3v) is 12.1. The third kappa shape index (κ3) is 6.18. The number of ether oxygens (including phenoxy) is 4. The van der Waals surface area contributed by atoms with Crippen LogP contribution in [0.15, 0.2) is 11.6 Å². The number of methoxy groups -OCH3 is 1. The summed E-state index contributed by atoms with van der Waals surface area (Å²) in [6.07, 6.45) is 12.8. The molecule has 0 aromatic heterocycles. The molecule has 43 heavy (non-hydrogen) atoms. The van der Waals surface area contributed by atoms with Crippen LogP contribution in [0.4, 0.5) is 0 Å². The van der Waals surface area contributed by atoms with Crippen molar-refractivity contribution in [3.05, 3.63) is 11.6 Å². The maximum atomic E-state index is 14.0. The topological polar surface area (TPSA) is 114 Å². The maximum absolute atomic E-state index is 14.0. The average molecular weight is 602 g/mol. The van der Waals surface area contributed by atoms with Gasteiger partial charge in [0.15, 0.2) is 0 Å². The predicted octanol–water partition coefficient (Wildman–Crippen LogP) is 3.79. The summed E-state index contributed by atoms with van der Waals surface area (Å²) in [4.78, 5) is 27.3. The van der Waals surface area contributed by atoms with Gasteiger partial charge in [-0.05, 0) is 104 Å². The zero-order chi connectivity index (χ0) is 30.3. The SMILES string of the molecule is CO[C@@H]1[C@H](NC(=O)C23CCC(C(=O)NCCCOC[C@H]4CCCN4)(CC2)CC3)CCC2(CO2)[C@H]1[C@]1(C)OC1CC=C(C)C. The van der Waals surface area contributed by atoms with E-state index in [0.717, 1.165) is 84.0 Å². The van der Waals surface area contributed by atoms with E-state index >= 15 is 0 Å². The van der Waals surface area contributed by atoms with Crippen LogP contribution >= 0.6 is 0 Å². The molecule has 2 amide bonds. The van der Waals surface area contributed by atoms with Gasteiger partial charge in [-0.15, -0.1) is 0 Å². The van der Waals surface area contributed by atoms with E-state index in [1.54, 1.807) is 7.11 Å². The fourth-order valence-electron chi connectivity index (χ4n) is 9.02. The number of epoxide rings is 2. The third-order valence-electron chi connectivity index (χ3n) is 12.1. The summed E-state index contributed by atoms with van der Waals surface area (Å²) in [6.45, 7) is 10.4. The minimum Gasteiger partial charge on any atom is -0.380 e. The van der Waals surface area contributed by atoms with E-state index in [-0.39, 0.29) is 58.0 Å². The largest absolute Gasteiger partial charge is 0.380 e. The first-order valence-corrected chi connectivity index (χ1v) is 17.0. The minimum atomic E-state index is -0.380. The van der Waals surface area contributed by atoms with Gasteiger partial charge in [-0.1, -0.05) is 11.6 Å². The van der Waals surface area contributed by atoms with Crippen LogP contribution in [-0.2, 0) is 28.5 Å². The lowest BCUT2D eigenvalue weighted by Crippen LogP contribution is -2.62. The highest BCUT2D eigenvalue weighted by molar-refractivity contribution is 5.87. The number of nitrogens with one attached hydrogen (secondary N) is 3. The van der Waals surface area contributed by atoms with Crippen LogP contribution in [0.25, 0.3) is 0 Å². The number of rotatable bonds is 13. The molecule has 9 nitrogen and oxygen atoms in total. The lowest BCUT2D eigenvalue weighted by molar-refractivity contribution is -0.153. The standard InChI is InChI=1S/C34H55N3O6/c1-23(2)8-9-26-31(3,43-26)28-27(40-4)25(10-11-34(28)22-42-34)37-30(39)33-15-12-32(13-16-33,14-17-33)29(38)36-19-6-20-41-21-24-7-5-18-35-24/h8,24-28,35H,5-7,9-22H2,1-4H3,(H,36,38)(H,37,39)/t24-,25-,26?,27-,28-,31-,32?,33?,34?/m1/s1. The zero-order valence-corrected chi connectivity index (χ0v) is 26.9. The molecular weight excluding hydrogens is 546 g/mol. The molecule has 242 valence electrons.